The third-order valence-corrected chi connectivity index (χ3v) is 4.97. The minimum Gasteiger partial charge on any atom is -0.370 e. The van der Waals surface area contributed by atoms with Crippen molar-refractivity contribution >= 4 is 39.8 Å². The number of hydrogen-bond acceptors (Lipinski definition) is 4. The van der Waals surface area contributed by atoms with E-state index in [1.165, 1.54) is 10.9 Å². The molecule has 1 aliphatic rings. The van der Waals surface area contributed by atoms with E-state index in [9.17, 15) is 9.59 Å². The summed E-state index contributed by atoms with van der Waals surface area (Å²) < 4.78 is 1.53. The molecule has 3 aromatic rings. The maximum absolute atomic E-state index is 12.7. The zero-order valence-corrected chi connectivity index (χ0v) is 15.4. The predicted octanol–water partition coefficient (Wildman–Crippen LogP) is 3.29. The topological polar surface area (TPSA) is 67.2 Å². The fourth-order valence-electron chi connectivity index (χ4n) is 3.45. The van der Waals surface area contributed by atoms with Crippen LogP contribution in [0.3, 0.4) is 0 Å². The fraction of sp³-hybridized carbons (Fsp3) is 0.250. The van der Waals surface area contributed by atoms with E-state index in [1.54, 1.807) is 24.3 Å². The summed E-state index contributed by atoms with van der Waals surface area (Å²) in [7, 11) is 0. The molecule has 0 aliphatic carbocycles. The van der Waals surface area contributed by atoms with Gasteiger partial charge in [0.2, 0.25) is 11.3 Å². The number of amides is 1. The molecule has 4 rings (SSSR count). The minimum atomic E-state index is -0.223. The monoisotopic (exact) mass is 382 g/mol. The Hall–Kier alpha value is -2.86. The van der Waals surface area contributed by atoms with Crippen molar-refractivity contribution in [2.24, 2.45) is 0 Å². The van der Waals surface area contributed by atoms with Gasteiger partial charge in [0.15, 0.2) is 0 Å². The van der Waals surface area contributed by atoms with E-state index >= 15 is 0 Å². The molecule has 1 aliphatic heterocycles. The number of nitrogens with zero attached hydrogens (tertiary/aromatic N) is 3. The average Bonchev–Trinajstić information content (AvgIpc) is 3.19. The second-order valence-electron chi connectivity index (χ2n) is 6.59. The smallest absolute Gasteiger partial charge is 0.246 e. The SMILES string of the molecule is O=C(Cn1ncc(=O)c2ccccc21)Nc1cc(Cl)ccc1N1CCCC1. The Morgan fingerprint density at radius 2 is 1.93 bits per heavy atom. The number of benzene rings is 2. The van der Waals surface area contributed by atoms with Gasteiger partial charge in [-0.15, -0.1) is 0 Å². The number of anilines is 2. The molecule has 1 saturated heterocycles. The lowest BCUT2D eigenvalue weighted by atomic mass is 10.2. The largest absolute Gasteiger partial charge is 0.370 e. The van der Waals surface area contributed by atoms with Crippen LogP contribution in [0.5, 0.6) is 0 Å². The molecule has 27 heavy (non-hydrogen) atoms. The molecule has 7 heteroatoms. The highest BCUT2D eigenvalue weighted by molar-refractivity contribution is 6.31. The Bertz CT molecular complexity index is 1060. The quantitative estimate of drug-likeness (QED) is 0.751. The Balaban J connectivity index is 1.60. The molecular weight excluding hydrogens is 364 g/mol. The maximum Gasteiger partial charge on any atom is 0.246 e. The van der Waals surface area contributed by atoms with Crippen molar-refractivity contribution in [3.05, 3.63) is 63.9 Å². The van der Waals surface area contributed by atoms with E-state index in [0.717, 1.165) is 31.6 Å². The van der Waals surface area contributed by atoms with Crippen LogP contribution in [0.2, 0.25) is 5.02 Å². The van der Waals surface area contributed by atoms with Crippen molar-refractivity contribution < 1.29 is 4.79 Å². The van der Waals surface area contributed by atoms with Gasteiger partial charge in [-0.05, 0) is 43.2 Å². The van der Waals surface area contributed by atoms with Crippen LogP contribution in [-0.2, 0) is 11.3 Å². The van der Waals surface area contributed by atoms with Crippen LogP contribution >= 0.6 is 11.6 Å². The molecule has 6 nitrogen and oxygen atoms in total. The number of aromatic nitrogens is 2. The van der Waals surface area contributed by atoms with Crippen molar-refractivity contribution in [1.29, 1.82) is 0 Å². The van der Waals surface area contributed by atoms with Gasteiger partial charge in [-0.3, -0.25) is 14.3 Å². The Labute approximate surface area is 161 Å². The van der Waals surface area contributed by atoms with E-state index in [-0.39, 0.29) is 17.9 Å². The first-order valence-corrected chi connectivity index (χ1v) is 9.29. The third kappa shape index (κ3) is 3.66. The standard InChI is InChI=1S/C20H19ClN4O2/c21-14-7-8-18(24-9-3-4-10-24)16(11-14)23-20(27)13-25-17-6-2-1-5-15(17)19(26)12-22-25/h1-2,5-8,11-12H,3-4,9-10,13H2,(H,23,27). The van der Waals surface area contributed by atoms with Gasteiger partial charge in [-0.25, -0.2) is 0 Å². The summed E-state index contributed by atoms with van der Waals surface area (Å²) in [4.78, 5) is 26.9. The molecular formula is C20H19ClN4O2. The number of rotatable bonds is 4. The van der Waals surface area contributed by atoms with Crippen LogP contribution in [0.25, 0.3) is 10.9 Å². The molecule has 138 valence electrons. The minimum absolute atomic E-state index is 0.00669. The van der Waals surface area contributed by atoms with E-state index in [0.29, 0.717) is 21.6 Å². The van der Waals surface area contributed by atoms with Crippen molar-refractivity contribution in [3.63, 3.8) is 0 Å². The number of carbonyl (C=O) groups excluding carboxylic acids is 1. The Morgan fingerprint density at radius 3 is 2.74 bits per heavy atom. The highest BCUT2D eigenvalue weighted by atomic mass is 35.5. The lowest BCUT2D eigenvalue weighted by Gasteiger charge is -2.22. The summed E-state index contributed by atoms with van der Waals surface area (Å²) >= 11 is 6.14. The van der Waals surface area contributed by atoms with Gasteiger partial charge in [0.25, 0.3) is 0 Å². The summed E-state index contributed by atoms with van der Waals surface area (Å²) in [5.74, 6) is -0.223. The average molecular weight is 383 g/mol. The summed E-state index contributed by atoms with van der Waals surface area (Å²) in [6, 6.07) is 12.7. The summed E-state index contributed by atoms with van der Waals surface area (Å²) in [5.41, 5.74) is 2.14. The Morgan fingerprint density at radius 1 is 1.15 bits per heavy atom. The first-order chi connectivity index (χ1) is 13.1. The highest BCUT2D eigenvalue weighted by Crippen LogP contribution is 2.31. The number of nitrogens with one attached hydrogen (secondary N) is 1. The van der Waals surface area contributed by atoms with Gasteiger partial charge in [-0.1, -0.05) is 23.7 Å². The first kappa shape index (κ1) is 17.5. The van der Waals surface area contributed by atoms with E-state index < -0.39 is 0 Å². The van der Waals surface area contributed by atoms with Crippen molar-refractivity contribution in [3.8, 4) is 0 Å². The van der Waals surface area contributed by atoms with Crippen molar-refractivity contribution in [2.75, 3.05) is 23.3 Å². The number of para-hydroxylation sites is 1. The molecule has 0 spiro atoms. The Kier molecular flexibility index (Phi) is 4.81. The van der Waals surface area contributed by atoms with Crippen LogP contribution in [0.15, 0.2) is 53.5 Å². The van der Waals surface area contributed by atoms with E-state index in [4.69, 9.17) is 11.6 Å². The predicted molar refractivity (Wildman–Crippen MR) is 108 cm³/mol. The molecule has 2 heterocycles. The van der Waals surface area contributed by atoms with Crippen LogP contribution in [0.1, 0.15) is 12.8 Å². The van der Waals surface area contributed by atoms with Gasteiger partial charge < -0.3 is 10.2 Å². The van der Waals surface area contributed by atoms with Crippen LogP contribution < -0.4 is 15.6 Å². The molecule has 0 unspecified atom stereocenters. The van der Waals surface area contributed by atoms with Gasteiger partial charge in [0.1, 0.15) is 6.54 Å². The molecule has 2 aromatic carbocycles. The molecule has 1 aromatic heterocycles. The van der Waals surface area contributed by atoms with Gasteiger partial charge in [0.05, 0.1) is 23.1 Å². The number of fused-ring (bicyclic) bond motifs is 1. The van der Waals surface area contributed by atoms with E-state index in [2.05, 4.69) is 15.3 Å². The fourth-order valence-corrected chi connectivity index (χ4v) is 3.63. The summed E-state index contributed by atoms with van der Waals surface area (Å²) in [6.07, 6.45) is 3.53. The summed E-state index contributed by atoms with van der Waals surface area (Å²) in [5, 5.41) is 8.18. The second-order valence-corrected chi connectivity index (χ2v) is 7.02. The van der Waals surface area contributed by atoms with Crippen molar-refractivity contribution in [1.82, 2.24) is 9.78 Å². The summed E-state index contributed by atoms with van der Waals surface area (Å²) in [6.45, 7) is 1.94. The molecule has 0 atom stereocenters. The van der Waals surface area contributed by atoms with E-state index in [1.807, 2.05) is 18.2 Å². The van der Waals surface area contributed by atoms with Gasteiger partial charge >= 0.3 is 0 Å². The zero-order chi connectivity index (χ0) is 18.8. The van der Waals surface area contributed by atoms with Crippen LogP contribution in [-0.4, -0.2) is 28.8 Å². The number of halogens is 1. The molecule has 1 N–H and O–H groups in total. The highest BCUT2D eigenvalue weighted by Gasteiger charge is 2.18. The van der Waals surface area contributed by atoms with Crippen molar-refractivity contribution in [2.45, 2.75) is 19.4 Å². The van der Waals surface area contributed by atoms with Gasteiger partial charge in [-0.2, -0.15) is 5.10 Å². The lowest BCUT2D eigenvalue weighted by molar-refractivity contribution is -0.116. The first-order valence-electron chi connectivity index (χ1n) is 8.91. The third-order valence-electron chi connectivity index (χ3n) is 4.73. The number of carbonyl (C=O) groups is 1. The van der Waals surface area contributed by atoms with Gasteiger partial charge in [0, 0.05) is 23.5 Å². The second kappa shape index (κ2) is 7.40. The zero-order valence-electron chi connectivity index (χ0n) is 14.7. The molecule has 0 radical (unpaired) electrons. The normalized spacial score (nSPS) is 13.9. The molecule has 1 fully saturated rings. The van der Waals surface area contributed by atoms with Crippen LogP contribution in [0, 0.1) is 0 Å². The number of hydrogen-bond donors (Lipinski definition) is 1. The molecule has 0 bridgehead atoms. The maximum atomic E-state index is 12.7. The molecule has 0 saturated carbocycles. The molecule has 1 amide bonds. The van der Waals surface area contributed by atoms with Crippen LogP contribution in [0.4, 0.5) is 11.4 Å². The lowest BCUT2D eigenvalue weighted by Crippen LogP contribution is -2.24.